The Morgan fingerprint density at radius 2 is 1.39 bits per heavy atom. The van der Waals surface area contributed by atoms with Crippen molar-refractivity contribution in [1.29, 1.82) is 0 Å². The Bertz CT molecular complexity index is 500. The molecule has 1 N–H and O–H groups in total. The van der Waals surface area contributed by atoms with E-state index in [9.17, 15) is 4.79 Å². The van der Waals surface area contributed by atoms with Crippen LogP contribution in [0, 0.1) is 0 Å². The molecule has 2 heteroatoms. The fourth-order valence-electron chi connectivity index (χ4n) is 1.91. The Labute approximate surface area is 107 Å². The molecule has 0 aliphatic carbocycles. The molecule has 2 aromatic rings. The normalized spacial score (nSPS) is 10.2. The average Bonchev–Trinajstić information content (AvgIpc) is 2.39. The molecule has 92 valence electrons. The first-order valence-electron chi connectivity index (χ1n) is 6.07. The highest BCUT2D eigenvalue weighted by Gasteiger charge is 2.00. The van der Waals surface area contributed by atoms with Crippen LogP contribution in [0.5, 0.6) is 0 Å². The number of aryl methyl sites for hydroxylation is 1. The van der Waals surface area contributed by atoms with Crippen molar-refractivity contribution in [2.45, 2.75) is 19.3 Å². The standard InChI is InChI=1S/C16H16O2/c17-16(18)11-10-13-6-8-15(9-7-13)12-14-4-2-1-3-5-14/h1-9H,10-12H2,(H,17,18). The molecule has 0 bridgehead atoms. The molecule has 0 amide bonds. The third-order valence-electron chi connectivity index (χ3n) is 2.90. The van der Waals surface area contributed by atoms with Crippen molar-refractivity contribution in [2.75, 3.05) is 0 Å². The lowest BCUT2D eigenvalue weighted by Gasteiger charge is -2.04. The van der Waals surface area contributed by atoms with Crippen molar-refractivity contribution >= 4 is 5.97 Å². The molecule has 2 rings (SSSR count). The van der Waals surface area contributed by atoms with Gasteiger partial charge in [0, 0.05) is 6.42 Å². The smallest absolute Gasteiger partial charge is 0.303 e. The average molecular weight is 240 g/mol. The zero-order valence-electron chi connectivity index (χ0n) is 10.2. The molecule has 18 heavy (non-hydrogen) atoms. The minimum absolute atomic E-state index is 0.192. The van der Waals surface area contributed by atoms with Gasteiger partial charge in [-0.3, -0.25) is 4.79 Å². The van der Waals surface area contributed by atoms with E-state index in [2.05, 4.69) is 24.3 Å². The fourth-order valence-corrected chi connectivity index (χ4v) is 1.91. The van der Waals surface area contributed by atoms with Crippen molar-refractivity contribution < 1.29 is 9.90 Å². The first-order valence-corrected chi connectivity index (χ1v) is 6.07. The van der Waals surface area contributed by atoms with E-state index < -0.39 is 5.97 Å². The minimum Gasteiger partial charge on any atom is -0.481 e. The van der Waals surface area contributed by atoms with Crippen LogP contribution in [0.4, 0.5) is 0 Å². The molecule has 0 atom stereocenters. The number of hydrogen-bond donors (Lipinski definition) is 1. The summed E-state index contributed by atoms with van der Waals surface area (Å²) in [4.78, 5) is 10.5. The lowest BCUT2D eigenvalue weighted by atomic mass is 10.0. The number of carbonyl (C=O) groups is 1. The molecule has 0 spiro atoms. The summed E-state index contributed by atoms with van der Waals surface area (Å²) in [5.74, 6) is -0.747. The zero-order chi connectivity index (χ0) is 12.8. The number of aliphatic carboxylic acids is 1. The van der Waals surface area contributed by atoms with E-state index in [1.54, 1.807) is 0 Å². The van der Waals surface area contributed by atoms with Crippen LogP contribution in [0.25, 0.3) is 0 Å². The third kappa shape index (κ3) is 3.74. The Morgan fingerprint density at radius 1 is 0.833 bits per heavy atom. The SMILES string of the molecule is O=C(O)CCc1ccc(Cc2ccccc2)cc1. The number of benzene rings is 2. The molecule has 0 radical (unpaired) electrons. The Morgan fingerprint density at radius 3 is 2.00 bits per heavy atom. The highest BCUT2D eigenvalue weighted by atomic mass is 16.4. The zero-order valence-corrected chi connectivity index (χ0v) is 10.2. The fraction of sp³-hybridized carbons (Fsp3) is 0.188. The Kier molecular flexibility index (Phi) is 4.13. The second-order valence-corrected chi connectivity index (χ2v) is 4.37. The van der Waals surface area contributed by atoms with Gasteiger partial charge in [-0.2, -0.15) is 0 Å². The predicted molar refractivity (Wildman–Crippen MR) is 71.6 cm³/mol. The third-order valence-corrected chi connectivity index (χ3v) is 2.90. The number of hydrogen-bond acceptors (Lipinski definition) is 1. The van der Waals surface area contributed by atoms with E-state index in [1.807, 2.05) is 30.3 Å². The highest BCUT2D eigenvalue weighted by Crippen LogP contribution is 2.11. The van der Waals surface area contributed by atoms with Gasteiger partial charge < -0.3 is 5.11 Å². The Hall–Kier alpha value is -2.09. The molecule has 0 heterocycles. The van der Waals surface area contributed by atoms with E-state index in [0.717, 1.165) is 12.0 Å². The van der Waals surface area contributed by atoms with Gasteiger partial charge in [0.2, 0.25) is 0 Å². The number of carboxylic acids is 1. The minimum atomic E-state index is -0.747. The van der Waals surface area contributed by atoms with E-state index >= 15 is 0 Å². The summed E-state index contributed by atoms with van der Waals surface area (Å²) in [6.45, 7) is 0. The molecule has 0 unspecified atom stereocenters. The molecule has 0 saturated heterocycles. The molecular weight excluding hydrogens is 224 g/mol. The van der Waals surface area contributed by atoms with Crippen LogP contribution in [0.3, 0.4) is 0 Å². The first-order chi connectivity index (χ1) is 8.74. The second-order valence-electron chi connectivity index (χ2n) is 4.37. The summed E-state index contributed by atoms with van der Waals surface area (Å²) in [6.07, 6.45) is 1.71. The Balaban J connectivity index is 1.97. The van der Waals surface area contributed by atoms with Gasteiger partial charge in [0.15, 0.2) is 0 Å². The first kappa shape index (κ1) is 12.4. The van der Waals surface area contributed by atoms with Crippen LogP contribution >= 0.6 is 0 Å². The molecule has 2 nitrogen and oxygen atoms in total. The highest BCUT2D eigenvalue weighted by molar-refractivity contribution is 5.67. The maximum atomic E-state index is 10.5. The number of carboxylic acid groups (broad SMARTS) is 1. The van der Waals surface area contributed by atoms with Crippen LogP contribution < -0.4 is 0 Å². The van der Waals surface area contributed by atoms with Gasteiger partial charge in [0.1, 0.15) is 0 Å². The molecule has 0 aliphatic rings. The van der Waals surface area contributed by atoms with Crippen LogP contribution in [0.15, 0.2) is 54.6 Å². The van der Waals surface area contributed by atoms with Gasteiger partial charge >= 0.3 is 5.97 Å². The topological polar surface area (TPSA) is 37.3 Å². The molecule has 0 saturated carbocycles. The van der Waals surface area contributed by atoms with Gasteiger partial charge in [-0.05, 0) is 29.5 Å². The van der Waals surface area contributed by atoms with Crippen molar-refractivity contribution in [3.05, 3.63) is 71.3 Å². The predicted octanol–water partition coefficient (Wildman–Crippen LogP) is 3.29. The lowest BCUT2D eigenvalue weighted by Crippen LogP contribution is -1.97. The second kappa shape index (κ2) is 6.01. The summed E-state index contributed by atoms with van der Waals surface area (Å²) >= 11 is 0. The lowest BCUT2D eigenvalue weighted by molar-refractivity contribution is -0.136. The summed E-state index contributed by atoms with van der Waals surface area (Å²) in [5, 5.41) is 8.62. The monoisotopic (exact) mass is 240 g/mol. The van der Waals surface area contributed by atoms with E-state index in [0.29, 0.717) is 6.42 Å². The van der Waals surface area contributed by atoms with Crippen molar-refractivity contribution in [1.82, 2.24) is 0 Å². The molecule has 0 aromatic heterocycles. The van der Waals surface area contributed by atoms with Gasteiger partial charge in [-0.15, -0.1) is 0 Å². The van der Waals surface area contributed by atoms with Crippen LogP contribution in [0.2, 0.25) is 0 Å². The molecule has 0 aliphatic heterocycles. The van der Waals surface area contributed by atoms with Gasteiger partial charge in [0.05, 0.1) is 0 Å². The van der Waals surface area contributed by atoms with E-state index in [4.69, 9.17) is 5.11 Å². The molecule has 2 aromatic carbocycles. The van der Waals surface area contributed by atoms with Gasteiger partial charge in [0.25, 0.3) is 0 Å². The van der Waals surface area contributed by atoms with Gasteiger partial charge in [-0.1, -0.05) is 54.6 Å². The van der Waals surface area contributed by atoms with Gasteiger partial charge in [-0.25, -0.2) is 0 Å². The summed E-state index contributed by atoms with van der Waals surface area (Å²) in [5.41, 5.74) is 3.62. The van der Waals surface area contributed by atoms with Crippen LogP contribution in [-0.4, -0.2) is 11.1 Å². The van der Waals surface area contributed by atoms with E-state index in [1.165, 1.54) is 11.1 Å². The van der Waals surface area contributed by atoms with E-state index in [-0.39, 0.29) is 6.42 Å². The van der Waals surface area contributed by atoms with Crippen molar-refractivity contribution in [2.24, 2.45) is 0 Å². The number of rotatable bonds is 5. The molecular formula is C16H16O2. The molecule has 0 fully saturated rings. The maximum Gasteiger partial charge on any atom is 0.303 e. The maximum absolute atomic E-state index is 10.5. The van der Waals surface area contributed by atoms with Crippen molar-refractivity contribution in [3.63, 3.8) is 0 Å². The quantitative estimate of drug-likeness (QED) is 0.870. The summed E-state index contributed by atoms with van der Waals surface area (Å²) in [6, 6.07) is 18.5. The summed E-state index contributed by atoms with van der Waals surface area (Å²) < 4.78 is 0. The van der Waals surface area contributed by atoms with Crippen LogP contribution in [0.1, 0.15) is 23.1 Å². The van der Waals surface area contributed by atoms with Crippen molar-refractivity contribution in [3.8, 4) is 0 Å². The summed E-state index contributed by atoms with van der Waals surface area (Å²) in [7, 11) is 0. The van der Waals surface area contributed by atoms with Crippen LogP contribution in [-0.2, 0) is 17.6 Å². The largest absolute Gasteiger partial charge is 0.481 e.